The summed E-state index contributed by atoms with van der Waals surface area (Å²) < 4.78 is 18.8. The Morgan fingerprint density at radius 1 is 1.25 bits per heavy atom. The Morgan fingerprint density at radius 3 is 2.60 bits per heavy atom. The number of methoxy groups -OCH3 is 1. The summed E-state index contributed by atoms with van der Waals surface area (Å²) in [6, 6.07) is 7.60. The lowest BCUT2D eigenvalue weighted by Crippen LogP contribution is -2.04. The molecule has 1 unspecified atom stereocenters. The van der Waals surface area contributed by atoms with Crippen molar-refractivity contribution >= 4 is 39.1 Å². The van der Waals surface area contributed by atoms with Gasteiger partial charge < -0.3 is 9.84 Å². The molecule has 0 radical (unpaired) electrons. The van der Waals surface area contributed by atoms with E-state index in [9.17, 15) is 9.50 Å². The lowest BCUT2D eigenvalue weighted by Gasteiger charge is -2.17. The molecule has 2 rings (SSSR count). The molecule has 1 atom stereocenters. The van der Waals surface area contributed by atoms with E-state index in [4.69, 9.17) is 27.9 Å². The zero-order valence-corrected chi connectivity index (χ0v) is 13.4. The average Bonchev–Trinajstić information content (AvgIpc) is 2.43. The largest absolute Gasteiger partial charge is 0.496 e. The summed E-state index contributed by atoms with van der Waals surface area (Å²) in [5, 5.41) is 11.0. The van der Waals surface area contributed by atoms with Crippen molar-refractivity contribution in [2.75, 3.05) is 7.11 Å². The Hall–Kier alpha value is -0.810. The van der Waals surface area contributed by atoms with E-state index in [1.165, 1.54) is 19.2 Å². The van der Waals surface area contributed by atoms with Crippen molar-refractivity contribution in [3.63, 3.8) is 0 Å². The fourth-order valence-electron chi connectivity index (χ4n) is 1.83. The Morgan fingerprint density at radius 2 is 1.95 bits per heavy atom. The zero-order chi connectivity index (χ0) is 14.9. The third kappa shape index (κ3) is 2.93. The van der Waals surface area contributed by atoms with Crippen LogP contribution in [0.4, 0.5) is 4.39 Å². The molecule has 1 N–H and O–H groups in total. The molecule has 0 saturated carbocycles. The van der Waals surface area contributed by atoms with E-state index >= 15 is 0 Å². The van der Waals surface area contributed by atoms with E-state index in [0.717, 1.165) is 0 Å². The minimum absolute atomic E-state index is 0.227. The Bertz CT molecular complexity index is 649. The normalized spacial score (nSPS) is 12.3. The molecule has 0 bridgehead atoms. The molecule has 0 fully saturated rings. The van der Waals surface area contributed by atoms with Crippen LogP contribution in [0.25, 0.3) is 0 Å². The number of benzene rings is 2. The summed E-state index contributed by atoms with van der Waals surface area (Å²) in [4.78, 5) is 0. The van der Waals surface area contributed by atoms with Crippen LogP contribution < -0.4 is 4.74 Å². The molecule has 0 amide bonds. The highest BCUT2D eigenvalue weighted by molar-refractivity contribution is 9.10. The highest BCUT2D eigenvalue weighted by Gasteiger charge is 2.21. The van der Waals surface area contributed by atoms with E-state index in [2.05, 4.69) is 15.9 Å². The molecule has 20 heavy (non-hydrogen) atoms. The molecule has 0 spiro atoms. The topological polar surface area (TPSA) is 29.5 Å². The number of aliphatic hydroxyl groups is 1. The number of rotatable bonds is 3. The third-order valence-corrected chi connectivity index (χ3v) is 4.28. The number of hydrogen-bond acceptors (Lipinski definition) is 2. The second kappa shape index (κ2) is 6.31. The van der Waals surface area contributed by atoms with Crippen LogP contribution in [0.1, 0.15) is 17.2 Å². The molecule has 6 heteroatoms. The van der Waals surface area contributed by atoms with E-state index < -0.39 is 11.9 Å². The molecule has 2 nitrogen and oxygen atoms in total. The minimum atomic E-state index is -1.08. The molecule has 2 aromatic carbocycles. The summed E-state index contributed by atoms with van der Waals surface area (Å²) in [5.41, 5.74) is 0.820. The zero-order valence-electron chi connectivity index (χ0n) is 10.3. The molecule has 2 aromatic rings. The quantitative estimate of drug-likeness (QED) is 0.814. The van der Waals surface area contributed by atoms with Gasteiger partial charge in [0.05, 0.1) is 21.6 Å². The van der Waals surface area contributed by atoms with Crippen LogP contribution in [0.5, 0.6) is 5.75 Å². The molecule has 0 heterocycles. The van der Waals surface area contributed by atoms with Crippen LogP contribution >= 0.6 is 39.1 Å². The van der Waals surface area contributed by atoms with Gasteiger partial charge in [-0.1, -0.05) is 35.3 Å². The van der Waals surface area contributed by atoms with Crippen molar-refractivity contribution in [1.29, 1.82) is 0 Å². The first-order valence-corrected chi connectivity index (χ1v) is 7.15. The maximum Gasteiger partial charge on any atom is 0.141 e. The van der Waals surface area contributed by atoms with Gasteiger partial charge in [-0.3, -0.25) is 0 Å². The van der Waals surface area contributed by atoms with E-state index in [0.29, 0.717) is 16.1 Å². The van der Waals surface area contributed by atoms with Crippen LogP contribution in [0.2, 0.25) is 10.0 Å². The number of ether oxygens (including phenoxy) is 1. The van der Waals surface area contributed by atoms with Gasteiger partial charge in [0.2, 0.25) is 0 Å². The first-order valence-electron chi connectivity index (χ1n) is 5.60. The summed E-state index contributed by atoms with van der Waals surface area (Å²) in [7, 11) is 1.40. The number of aliphatic hydroxyl groups excluding tert-OH is 1. The second-order valence-electron chi connectivity index (χ2n) is 4.05. The summed E-state index contributed by atoms with van der Waals surface area (Å²) in [6.07, 6.45) is -1.08. The van der Waals surface area contributed by atoms with Crippen LogP contribution in [0.3, 0.4) is 0 Å². The third-order valence-electron chi connectivity index (χ3n) is 2.84. The van der Waals surface area contributed by atoms with Crippen molar-refractivity contribution in [1.82, 2.24) is 0 Å². The first kappa shape index (κ1) is 15.6. The van der Waals surface area contributed by atoms with Gasteiger partial charge in [-0.2, -0.15) is 0 Å². The highest BCUT2D eigenvalue weighted by Crippen LogP contribution is 2.38. The van der Waals surface area contributed by atoms with Gasteiger partial charge in [0.25, 0.3) is 0 Å². The van der Waals surface area contributed by atoms with Crippen molar-refractivity contribution in [2.24, 2.45) is 0 Å². The first-order chi connectivity index (χ1) is 9.45. The summed E-state index contributed by atoms with van der Waals surface area (Å²) in [6.45, 7) is 0. The van der Waals surface area contributed by atoms with Crippen molar-refractivity contribution < 1.29 is 14.2 Å². The average molecular weight is 380 g/mol. The van der Waals surface area contributed by atoms with Crippen molar-refractivity contribution in [2.45, 2.75) is 6.10 Å². The molecule has 0 aromatic heterocycles. The SMILES string of the molecule is COc1cc(F)c(Br)cc1C(O)c1cccc(Cl)c1Cl. The molecule has 106 valence electrons. The van der Waals surface area contributed by atoms with Crippen molar-refractivity contribution in [3.05, 3.63) is 61.8 Å². The fourth-order valence-corrected chi connectivity index (χ4v) is 2.61. The predicted molar refractivity (Wildman–Crippen MR) is 81.2 cm³/mol. The molecular formula is C14H10BrCl2FO2. The highest BCUT2D eigenvalue weighted by atomic mass is 79.9. The summed E-state index contributed by atoms with van der Waals surface area (Å²) in [5.74, 6) is -0.246. The summed E-state index contributed by atoms with van der Waals surface area (Å²) >= 11 is 15.1. The Balaban J connectivity index is 2.55. The van der Waals surface area contributed by atoms with Gasteiger partial charge >= 0.3 is 0 Å². The Labute approximate surface area is 134 Å². The molecular weight excluding hydrogens is 370 g/mol. The van der Waals surface area contributed by atoms with Gasteiger partial charge in [-0.25, -0.2) is 4.39 Å². The van der Waals surface area contributed by atoms with E-state index in [1.54, 1.807) is 18.2 Å². The van der Waals surface area contributed by atoms with Gasteiger partial charge in [0.1, 0.15) is 17.7 Å². The molecule has 0 saturated heterocycles. The van der Waals surface area contributed by atoms with E-state index in [-0.39, 0.29) is 15.2 Å². The van der Waals surface area contributed by atoms with Gasteiger partial charge in [-0.15, -0.1) is 0 Å². The Kier molecular flexibility index (Phi) is 4.91. The molecule has 0 aliphatic rings. The lowest BCUT2D eigenvalue weighted by molar-refractivity contribution is 0.214. The maximum atomic E-state index is 13.5. The van der Waals surface area contributed by atoms with Gasteiger partial charge in [-0.05, 0) is 28.1 Å². The van der Waals surface area contributed by atoms with E-state index in [1.807, 2.05) is 0 Å². The van der Waals surface area contributed by atoms with Crippen LogP contribution in [-0.2, 0) is 0 Å². The molecule has 0 aliphatic carbocycles. The minimum Gasteiger partial charge on any atom is -0.496 e. The van der Waals surface area contributed by atoms with Gasteiger partial charge in [0.15, 0.2) is 0 Å². The maximum absolute atomic E-state index is 13.5. The van der Waals surface area contributed by atoms with Gasteiger partial charge in [0, 0.05) is 17.2 Å². The van der Waals surface area contributed by atoms with Crippen molar-refractivity contribution in [3.8, 4) is 5.75 Å². The lowest BCUT2D eigenvalue weighted by atomic mass is 10.0. The second-order valence-corrected chi connectivity index (χ2v) is 5.69. The monoisotopic (exact) mass is 378 g/mol. The smallest absolute Gasteiger partial charge is 0.141 e. The van der Waals surface area contributed by atoms with Crippen LogP contribution in [0, 0.1) is 5.82 Å². The molecule has 0 aliphatic heterocycles. The van der Waals surface area contributed by atoms with Crippen LogP contribution in [0.15, 0.2) is 34.8 Å². The standard InChI is InChI=1S/C14H10BrCl2FO2/c1-20-12-6-11(18)9(15)5-8(12)14(19)7-3-2-4-10(16)13(7)17/h2-6,14,19H,1H3. The fraction of sp³-hybridized carbons (Fsp3) is 0.143. The number of hydrogen-bond donors (Lipinski definition) is 1. The predicted octanol–water partition coefficient (Wildman–Crippen LogP) is 4.99. The number of halogens is 4. The van der Waals surface area contributed by atoms with Crippen LogP contribution in [-0.4, -0.2) is 12.2 Å².